The van der Waals surface area contributed by atoms with Gasteiger partial charge in [-0.15, -0.1) is 0 Å². The molecule has 3 aromatic rings. The molecule has 2 N–H and O–H groups in total. The van der Waals surface area contributed by atoms with Crippen molar-refractivity contribution in [3.8, 4) is 5.75 Å². The lowest BCUT2D eigenvalue weighted by molar-refractivity contribution is -0.385. The van der Waals surface area contributed by atoms with Gasteiger partial charge in [0.2, 0.25) is 5.91 Å². The van der Waals surface area contributed by atoms with Crippen LogP contribution in [-0.2, 0) is 16.1 Å². The van der Waals surface area contributed by atoms with Gasteiger partial charge >= 0.3 is 5.97 Å². The maximum atomic E-state index is 11.9. The Morgan fingerprint density at radius 1 is 1.00 bits per heavy atom. The molecule has 142 valence electrons. The van der Waals surface area contributed by atoms with Crippen LogP contribution in [-0.4, -0.2) is 23.4 Å². The molecule has 1 amide bonds. The second-order valence-electron chi connectivity index (χ2n) is 5.92. The monoisotopic (exact) mass is 380 g/mol. The van der Waals surface area contributed by atoms with Crippen molar-refractivity contribution in [3.05, 3.63) is 81.9 Å². The highest BCUT2D eigenvalue weighted by Crippen LogP contribution is 2.22. The van der Waals surface area contributed by atoms with E-state index in [0.717, 1.165) is 16.8 Å². The molecule has 0 aliphatic heterocycles. The Balaban J connectivity index is 1.60. The third-order valence-electron chi connectivity index (χ3n) is 4.03. The highest BCUT2D eigenvalue weighted by molar-refractivity contribution is 5.93. The van der Waals surface area contributed by atoms with Gasteiger partial charge in [-0.25, -0.2) is 4.79 Å². The number of esters is 1. The molecule has 0 fully saturated rings. The minimum absolute atomic E-state index is 0.00131. The van der Waals surface area contributed by atoms with Gasteiger partial charge in [0.1, 0.15) is 12.4 Å². The number of benzene rings is 3. The van der Waals surface area contributed by atoms with E-state index in [2.05, 4.69) is 0 Å². The Morgan fingerprint density at radius 2 is 1.75 bits per heavy atom. The van der Waals surface area contributed by atoms with Gasteiger partial charge < -0.3 is 15.2 Å². The second kappa shape index (κ2) is 8.17. The van der Waals surface area contributed by atoms with Crippen LogP contribution in [0.2, 0.25) is 0 Å². The van der Waals surface area contributed by atoms with Crippen LogP contribution in [0.4, 0.5) is 5.69 Å². The molecule has 0 bridgehead atoms. The molecule has 8 heteroatoms. The number of nitro groups is 1. The number of ether oxygens (including phenoxy) is 2. The first-order valence-electron chi connectivity index (χ1n) is 8.28. The summed E-state index contributed by atoms with van der Waals surface area (Å²) in [6.07, 6.45) is 0. The molecule has 0 saturated carbocycles. The summed E-state index contributed by atoms with van der Waals surface area (Å²) in [4.78, 5) is 33.6. The minimum atomic E-state index is -0.782. The highest BCUT2D eigenvalue weighted by atomic mass is 16.6. The largest absolute Gasteiger partial charge is 0.482 e. The molecule has 3 rings (SSSR count). The molecule has 0 aromatic heterocycles. The van der Waals surface area contributed by atoms with Crippen LogP contribution < -0.4 is 10.5 Å². The minimum Gasteiger partial charge on any atom is -0.482 e. The van der Waals surface area contributed by atoms with Crippen molar-refractivity contribution in [1.82, 2.24) is 0 Å². The number of hydrogen-bond acceptors (Lipinski definition) is 6. The number of nitrogens with zero attached hydrogens (tertiary/aromatic N) is 1. The van der Waals surface area contributed by atoms with Gasteiger partial charge in [-0.3, -0.25) is 14.9 Å². The fraction of sp³-hybridized carbons (Fsp3) is 0.100. The molecule has 28 heavy (non-hydrogen) atoms. The summed E-state index contributed by atoms with van der Waals surface area (Å²) in [6.45, 7) is -0.666. The molecular formula is C20H16N2O6. The average molecular weight is 380 g/mol. The first-order valence-corrected chi connectivity index (χ1v) is 8.28. The van der Waals surface area contributed by atoms with E-state index in [-0.39, 0.29) is 30.0 Å². The molecule has 3 aromatic carbocycles. The Labute approximate surface area is 159 Å². The van der Waals surface area contributed by atoms with Crippen molar-refractivity contribution in [2.45, 2.75) is 6.61 Å². The van der Waals surface area contributed by atoms with Gasteiger partial charge in [0.15, 0.2) is 6.61 Å². The van der Waals surface area contributed by atoms with Crippen molar-refractivity contribution >= 4 is 28.3 Å². The summed E-state index contributed by atoms with van der Waals surface area (Å²) in [5.74, 6) is -0.954. The summed E-state index contributed by atoms with van der Waals surface area (Å²) in [7, 11) is 0. The fourth-order valence-electron chi connectivity index (χ4n) is 2.61. The number of fused-ring (bicyclic) bond motifs is 1. The second-order valence-corrected chi connectivity index (χ2v) is 5.92. The zero-order valence-corrected chi connectivity index (χ0v) is 14.7. The summed E-state index contributed by atoms with van der Waals surface area (Å²) in [5.41, 5.74) is 4.92. The molecule has 0 unspecified atom stereocenters. The van der Waals surface area contributed by atoms with E-state index >= 15 is 0 Å². The Hall–Kier alpha value is -3.94. The number of nitro benzene ring substituents is 1. The third-order valence-corrected chi connectivity index (χ3v) is 4.03. The predicted molar refractivity (Wildman–Crippen MR) is 101 cm³/mol. The van der Waals surface area contributed by atoms with Gasteiger partial charge in [-0.2, -0.15) is 0 Å². The number of carbonyl (C=O) groups excluding carboxylic acids is 2. The van der Waals surface area contributed by atoms with Crippen LogP contribution in [0.5, 0.6) is 5.75 Å². The topological polar surface area (TPSA) is 122 Å². The maximum Gasteiger partial charge on any atom is 0.344 e. The Bertz CT molecular complexity index is 1060. The lowest BCUT2D eigenvalue weighted by atomic mass is 10.1. The number of carbonyl (C=O) groups is 2. The van der Waals surface area contributed by atoms with Crippen molar-refractivity contribution in [1.29, 1.82) is 0 Å². The van der Waals surface area contributed by atoms with E-state index < -0.39 is 16.8 Å². The lowest BCUT2D eigenvalue weighted by Gasteiger charge is -2.09. The summed E-state index contributed by atoms with van der Waals surface area (Å²) in [6, 6.07) is 16.8. The molecule has 0 saturated heterocycles. The van der Waals surface area contributed by atoms with Gasteiger partial charge in [0.25, 0.3) is 5.69 Å². The van der Waals surface area contributed by atoms with Crippen molar-refractivity contribution in [2.75, 3.05) is 6.61 Å². The van der Waals surface area contributed by atoms with E-state index in [1.807, 2.05) is 30.3 Å². The van der Waals surface area contributed by atoms with E-state index in [1.165, 1.54) is 12.1 Å². The van der Waals surface area contributed by atoms with Crippen LogP contribution in [0, 0.1) is 10.1 Å². The van der Waals surface area contributed by atoms with Crippen LogP contribution in [0.25, 0.3) is 10.8 Å². The quantitative estimate of drug-likeness (QED) is 0.382. The maximum absolute atomic E-state index is 11.9. The molecule has 0 spiro atoms. The normalized spacial score (nSPS) is 10.4. The fourth-order valence-corrected chi connectivity index (χ4v) is 2.61. The van der Waals surface area contributed by atoms with Gasteiger partial charge in [-0.1, -0.05) is 30.3 Å². The smallest absolute Gasteiger partial charge is 0.344 e. The summed E-state index contributed by atoms with van der Waals surface area (Å²) < 4.78 is 10.5. The molecule has 8 nitrogen and oxygen atoms in total. The van der Waals surface area contributed by atoms with Crippen molar-refractivity contribution < 1.29 is 24.0 Å². The van der Waals surface area contributed by atoms with E-state index in [1.54, 1.807) is 12.1 Å². The molecule has 0 aliphatic rings. The number of primary amides is 1. The molecule has 0 heterocycles. The molecule has 0 atom stereocenters. The molecule has 0 aliphatic carbocycles. The number of hydrogen-bond donors (Lipinski definition) is 1. The van der Waals surface area contributed by atoms with E-state index in [0.29, 0.717) is 5.75 Å². The Kier molecular flexibility index (Phi) is 5.50. The molecule has 0 radical (unpaired) electrons. The predicted octanol–water partition coefficient (Wildman–Crippen LogP) is 2.97. The van der Waals surface area contributed by atoms with Crippen LogP contribution in [0.15, 0.2) is 60.7 Å². The number of rotatable bonds is 7. The van der Waals surface area contributed by atoms with Gasteiger partial charge in [0.05, 0.1) is 10.5 Å². The van der Waals surface area contributed by atoms with Crippen LogP contribution in [0.3, 0.4) is 0 Å². The highest BCUT2D eigenvalue weighted by Gasteiger charge is 2.18. The third kappa shape index (κ3) is 4.42. The first-order chi connectivity index (χ1) is 13.4. The van der Waals surface area contributed by atoms with Crippen LogP contribution in [0.1, 0.15) is 15.9 Å². The van der Waals surface area contributed by atoms with Gasteiger partial charge in [0, 0.05) is 11.6 Å². The summed E-state index contributed by atoms with van der Waals surface area (Å²) in [5, 5.41) is 13.2. The summed E-state index contributed by atoms with van der Waals surface area (Å²) >= 11 is 0. The first kappa shape index (κ1) is 18.8. The van der Waals surface area contributed by atoms with Gasteiger partial charge in [-0.05, 0) is 35.0 Å². The number of amides is 1. The SMILES string of the molecule is NC(=O)c1ccc(COC(=O)COc2ccc3ccccc3c2)c([N+](=O)[O-])c1. The zero-order chi connectivity index (χ0) is 20.1. The van der Waals surface area contributed by atoms with Crippen molar-refractivity contribution in [3.63, 3.8) is 0 Å². The lowest BCUT2D eigenvalue weighted by Crippen LogP contribution is -2.15. The average Bonchev–Trinajstić information content (AvgIpc) is 2.70. The Morgan fingerprint density at radius 3 is 2.46 bits per heavy atom. The number of nitrogens with two attached hydrogens (primary N) is 1. The van der Waals surface area contributed by atoms with Crippen molar-refractivity contribution in [2.24, 2.45) is 5.73 Å². The van der Waals surface area contributed by atoms with E-state index in [4.69, 9.17) is 15.2 Å². The zero-order valence-electron chi connectivity index (χ0n) is 14.7. The van der Waals surface area contributed by atoms with E-state index in [9.17, 15) is 19.7 Å². The molecular weight excluding hydrogens is 364 g/mol. The standard InChI is InChI=1S/C20H16N2O6/c21-20(24)15-5-6-16(18(10-15)22(25)26)11-28-19(23)12-27-17-8-7-13-3-1-2-4-14(13)9-17/h1-10H,11-12H2,(H2,21,24). The van der Waals surface area contributed by atoms with Crippen LogP contribution >= 0.6 is 0 Å².